The molecule has 1 saturated heterocycles. The number of carbonyl (C=O) groups is 1. The van der Waals surface area contributed by atoms with Crippen LogP contribution in [0.4, 0.5) is 4.39 Å². The Bertz CT molecular complexity index is 871. The third kappa shape index (κ3) is 5.34. The number of halogens is 1. The van der Waals surface area contributed by atoms with Crippen molar-refractivity contribution in [3.8, 4) is 5.75 Å². The van der Waals surface area contributed by atoms with Gasteiger partial charge in [0, 0.05) is 44.8 Å². The second-order valence-electron chi connectivity index (χ2n) is 7.79. The molecule has 2 atom stereocenters. The van der Waals surface area contributed by atoms with Gasteiger partial charge in [0.15, 0.2) is 0 Å². The summed E-state index contributed by atoms with van der Waals surface area (Å²) in [5.74, 6) is 0.321. The number of ether oxygens (including phenoxy) is 1. The summed E-state index contributed by atoms with van der Waals surface area (Å²) in [6.45, 7) is 9.25. The van der Waals surface area contributed by atoms with Crippen molar-refractivity contribution in [2.45, 2.75) is 32.9 Å². The Morgan fingerprint density at radius 2 is 2.07 bits per heavy atom. The van der Waals surface area contributed by atoms with E-state index in [9.17, 15) is 9.18 Å². The van der Waals surface area contributed by atoms with Gasteiger partial charge in [-0.3, -0.25) is 9.69 Å². The molecule has 2 aromatic carbocycles. The predicted molar refractivity (Wildman–Crippen MR) is 113 cm³/mol. The molecule has 1 amide bonds. The molecule has 1 fully saturated rings. The molecule has 2 aromatic rings. The van der Waals surface area contributed by atoms with E-state index in [1.807, 2.05) is 19.1 Å². The van der Waals surface area contributed by atoms with Gasteiger partial charge in [-0.1, -0.05) is 12.1 Å². The molecular weight excluding hydrogens is 369 g/mol. The summed E-state index contributed by atoms with van der Waals surface area (Å²) in [4.78, 5) is 14.3. The van der Waals surface area contributed by atoms with E-state index in [0.717, 1.165) is 30.8 Å². The van der Waals surface area contributed by atoms with Crippen molar-refractivity contribution in [1.82, 2.24) is 15.5 Å². The topological polar surface area (TPSA) is 53.6 Å². The minimum Gasteiger partial charge on any atom is -0.484 e. The average Bonchev–Trinajstić information content (AvgIpc) is 2.69. The number of amides is 1. The molecule has 156 valence electrons. The van der Waals surface area contributed by atoms with Crippen LogP contribution in [0.3, 0.4) is 0 Å². The summed E-state index contributed by atoms with van der Waals surface area (Å²) in [6.07, 6.45) is -0.305. The lowest BCUT2D eigenvalue weighted by atomic mass is 10.0. The fourth-order valence-electron chi connectivity index (χ4n) is 3.70. The highest BCUT2D eigenvalue weighted by atomic mass is 19.1. The molecular formula is C23H30FN3O2. The highest BCUT2D eigenvalue weighted by molar-refractivity contribution is 5.95. The molecule has 1 unspecified atom stereocenters. The van der Waals surface area contributed by atoms with Crippen molar-refractivity contribution < 1.29 is 13.9 Å². The Morgan fingerprint density at radius 1 is 1.28 bits per heavy atom. The summed E-state index contributed by atoms with van der Waals surface area (Å²) in [6, 6.07) is 11.1. The SMILES string of the molecule is CNC(=O)c1ccc(OC(CN2CCN[C@H](C)C2)c2ccc(C)c(F)c2)cc1C. The first kappa shape index (κ1) is 21.3. The van der Waals surface area contributed by atoms with E-state index in [1.54, 1.807) is 38.2 Å². The number of benzene rings is 2. The summed E-state index contributed by atoms with van der Waals surface area (Å²) in [5, 5.41) is 6.08. The van der Waals surface area contributed by atoms with E-state index < -0.39 is 0 Å². The van der Waals surface area contributed by atoms with Gasteiger partial charge in [0.25, 0.3) is 5.91 Å². The molecule has 2 N–H and O–H groups in total. The molecule has 0 radical (unpaired) electrons. The molecule has 0 bridgehead atoms. The molecule has 6 heteroatoms. The molecule has 0 spiro atoms. The van der Waals surface area contributed by atoms with Gasteiger partial charge in [-0.2, -0.15) is 0 Å². The fourth-order valence-corrected chi connectivity index (χ4v) is 3.70. The maximum absolute atomic E-state index is 14.2. The van der Waals surface area contributed by atoms with Crippen molar-refractivity contribution in [2.24, 2.45) is 0 Å². The number of rotatable bonds is 6. The normalized spacial score (nSPS) is 18.3. The zero-order valence-corrected chi connectivity index (χ0v) is 17.6. The van der Waals surface area contributed by atoms with Crippen molar-refractivity contribution >= 4 is 5.91 Å². The third-order valence-electron chi connectivity index (χ3n) is 5.39. The second kappa shape index (κ2) is 9.37. The lowest BCUT2D eigenvalue weighted by Crippen LogP contribution is -2.50. The van der Waals surface area contributed by atoms with Crippen molar-refractivity contribution in [3.05, 3.63) is 64.5 Å². The van der Waals surface area contributed by atoms with E-state index >= 15 is 0 Å². The van der Waals surface area contributed by atoms with Gasteiger partial charge in [-0.25, -0.2) is 4.39 Å². The first-order valence-corrected chi connectivity index (χ1v) is 10.1. The number of hydrogen-bond acceptors (Lipinski definition) is 4. The highest BCUT2D eigenvalue weighted by Crippen LogP contribution is 2.27. The van der Waals surface area contributed by atoms with E-state index in [2.05, 4.69) is 22.5 Å². The van der Waals surface area contributed by atoms with Gasteiger partial charge in [0.1, 0.15) is 17.7 Å². The van der Waals surface area contributed by atoms with Crippen LogP contribution in [0, 0.1) is 19.7 Å². The van der Waals surface area contributed by atoms with E-state index in [-0.39, 0.29) is 17.8 Å². The second-order valence-corrected chi connectivity index (χ2v) is 7.79. The molecule has 5 nitrogen and oxygen atoms in total. The lowest BCUT2D eigenvalue weighted by molar-refractivity contribution is 0.0962. The Kier molecular flexibility index (Phi) is 6.87. The van der Waals surface area contributed by atoms with Crippen molar-refractivity contribution in [2.75, 3.05) is 33.2 Å². The maximum Gasteiger partial charge on any atom is 0.251 e. The minimum absolute atomic E-state index is 0.124. The average molecular weight is 400 g/mol. The largest absolute Gasteiger partial charge is 0.484 e. The van der Waals surface area contributed by atoms with Gasteiger partial charge >= 0.3 is 0 Å². The number of carbonyl (C=O) groups excluding carboxylic acids is 1. The maximum atomic E-state index is 14.2. The van der Waals surface area contributed by atoms with Crippen LogP contribution in [0.1, 0.15) is 40.1 Å². The number of aryl methyl sites for hydroxylation is 2. The Morgan fingerprint density at radius 3 is 2.72 bits per heavy atom. The van der Waals surface area contributed by atoms with Gasteiger partial charge in [-0.05, 0) is 61.7 Å². The van der Waals surface area contributed by atoms with Crippen LogP contribution in [0.15, 0.2) is 36.4 Å². The van der Waals surface area contributed by atoms with E-state index in [0.29, 0.717) is 29.5 Å². The van der Waals surface area contributed by atoms with Gasteiger partial charge in [0.05, 0.1) is 0 Å². The number of piperazine rings is 1. The fraction of sp³-hybridized carbons (Fsp3) is 0.435. The van der Waals surface area contributed by atoms with Crippen LogP contribution < -0.4 is 15.4 Å². The standard InChI is InChI=1S/C23H30FN3O2/c1-15-5-6-18(12-21(15)24)22(14-27-10-9-26-17(3)13-27)29-19-7-8-20(16(2)11-19)23(28)25-4/h5-8,11-12,17,22,26H,9-10,13-14H2,1-4H3,(H,25,28)/t17-,22?/m1/s1. The van der Waals surface area contributed by atoms with Gasteiger partial charge in [-0.15, -0.1) is 0 Å². The molecule has 1 aliphatic rings. The zero-order valence-electron chi connectivity index (χ0n) is 17.6. The monoisotopic (exact) mass is 399 g/mol. The first-order valence-electron chi connectivity index (χ1n) is 10.1. The van der Waals surface area contributed by atoms with Crippen LogP contribution in [-0.4, -0.2) is 50.1 Å². The molecule has 3 rings (SSSR count). The van der Waals surface area contributed by atoms with Crippen LogP contribution in [-0.2, 0) is 0 Å². The lowest BCUT2D eigenvalue weighted by Gasteiger charge is -2.34. The van der Waals surface area contributed by atoms with Gasteiger partial charge in [0.2, 0.25) is 0 Å². The molecule has 1 aliphatic heterocycles. The van der Waals surface area contributed by atoms with Crippen molar-refractivity contribution in [3.63, 3.8) is 0 Å². The molecule has 1 heterocycles. The van der Waals surface area contributed by atoms with E-state index in [4.69, 9.17) is 4.74 Å². The third-order valence-corrected chi connectivity index (χ3v) is 5.39. The molecule has 29 heavy (non-hydrogen) atoms. The Hall–Kier alpha value is -2.44. The summed E-state index contributed by atoms with van der Waals surface area (Å²) >= 11 is 0. The van der Waals surface area contributed by atoms with Crippen LogP contribution >= 0.6 is 0 Å². The van der Waals surface area contributed by atoms with Crippen LogP contribution in [0.2, 0.25) is 0 Å². The summed E-state index contributed by atoms with van der Waals surface area (Å²) in [7, 11) is 1.61. The number of nitrogens with zero attached hydrogens (tertiary/aromatic N) is 1. The highest BCUT2D eigenvalue weighted by Gasteiger charge is 2.23. The van der Waals surface area contributed by atoms with Crippen LogP contribution in [0.25, 0.3) is 0 Å². The number of hydrogen-bond donors (Lipinski definition) is 2. The minimum atomic E-state index is -0.305. The number of nitrogens with one attached hydrogen (secondary N) is 2. The van der Waals surface area contributed by atoms with E-state index in [1.165, 1.54) is 0 Å². The Labute approximate surface area is 172 Å². The van der Waals surface area contributed by atoms with Gasteiger partial charge < -0.3 is 15.4 Å². The molecule has 0 aromatic heterocycles. The Balaban J connectivity index is 1.85. The van der Waals surface area contributed by atoms with Crippen LogP contribution in [0.5, 0.6) is 5.75 Å². The predicted octanol–water partition coefficient (Wildman–Crippen LogP) is 3.22. The summed E-state index contributed by atoms with van der Waals surface area (Å²) < 4.78 is 20.6. The molecule has 0 aliphatic carbocycles. The zero-order chi connectivity index (χ0) is 21.0. The quantitative estimate of drug-likeness (QED) is 0.783. The molecule has 0 saturated carbocycles. The summed E-state index contributed by atoms with van der Waals surface area (Å²) in [5.41, 5.74) is 2.89. The first-order chi connectivity index (χ1) is 13.9. The smallest absolute Gasteiger partial charge is 0.251 e. The van der Waals surface area contributed by atoms with Crippen molar-refractivity contribution in [1.29, 1.82) is 0 Å².